The molecule has 28 heavy (non-hydrogen) atoms. The highest BCUT2D eigenvalue weighted by Crippen LogP contribution is 2.33. The van der Waals surface area contributed by atoms with Crippen molar-refractivity contribution in [2.75, 3.05) is 27.4 Å². The van der Waals surface area contributed by atoms with Crippen molar-refractivity contribution in [3.8, 4) is 16.9 Å². The summed E-state index contributed by atoms with van der Waals surface area (Å²) >= 11 is 0. The lowest BCUT2D eigenvalue weighted by Gasteiger charge is -2.30. The average Bonchev–Trinajstić information content (AvgIpc) is 2.66. The summed E-state index contributed by atoms with van der Waals surface area (Å²) in [5, 5.41) is 0. The molecule has 3 rings (SSSR count). The van der Waals surface area contributed by atoms with E-state index in [1.165, 1.54) is 32.4 Å². The first-order valence-corrected chi connectivity index (χ1v) is 10.1. The number of halogens is 2. The van der Waals surface area contributed by atoms with Crippen molar-refractivity contribution >= 4 is 10.0 Å². The van der Waals surface area contributed by atoms with E-state index in [-0.39, 0.29) is 16.0 Å². The third-order valence-corrected chi connectivity index (χ3v) is 6.06. The first-order chi connectivity index (χ1) is 13.3. The van der Waals surface area contributed by atoms with Crippen LogP contribution in [0.25, 0.3) is 11.1 Å². The van der Waals surface area contributed by atoms with E-state index < -0.39 is 33.8 Å². The molecule has 2 atom stereocenters. The van der Waals surface area contributed by atoms with Gasteiger partial charge in [-0.15, -0.1) is 0 Å². The predicted molar refractivity (Wildman–Crippen MR) is 98.7 cm³/mol. The van der Waals surface area contributed by atoms with Gasteiger partial charge in [-0.3, -0.25) is 0 Å². The fourth-order valence-electron chi connectivity index (χ4n) is 3.14. The Morgan fingerprint density at radius 1 is 1.11 bits per heavy atom. The summed E-state index contributed by atoms with van der Waals surface area (Å²) in [5.74, 6) is -1.24. The maximum absolute atomic E-state index is 13.6. The van der Waals surface area contributed by atoms with Gasteiger partial charge in [0.1, 0.15) is 17.4 Å². The molecule has 1 aliphatic heterocycles. The lowest BCUT2D eigenvalue weighted by molar-refractivity contribution is -0.0448. The normalized spacial score (nSPS) is 20.1. The summed E-state index contributed by atoms with van der Waals surface area (Å²) in [7, 11) is -1.02. The first kappa shape index (κ1) is 20.7. The molecule has 1 aliphatic rings. The molecule has 152 valence electrons. The molecular weight excluding hydrogens is 392 g/mol. The highest BCUT2D eigenvalue weighted by molar-refractivity contribution is 7.89. The third kappa shape index (κ3) is 4.49. The van der Waals surface area contributed by atoms with Crippen molar-refractivity contribution in [1.82, 2.24) is 4.72 Å². The van der Waals surface area contributed by atoms with E-state index in [2.05, 4.69) is 4.72 Å². The zero-order valence-electron chi connectivity index (χ0n) is 15.4. The molecular formula is C19H21F2NO5S. The molecule has 1 heterocycles. The second-order valence-corrected chi connectivity index (χ2v) is 8.10. The Morgan fingerprint density at radius 3 is 2.46 bits per heavy atom. The molecule has 0 unspecified atom stereocenters. The van der Waals surface area contributed by atoms with Crippen LogP contribution in [0.1, 0.15) is 6.42 Å². The molecule has 0 amide bonds. The number of rotatable bonds is 6. The Kier molecular flexibility index (Phi) is 6.29. The largest absolute Gasteiger partial charge is 0.496 e. The molecule has 1 N–H and O–H groups in total. The maximum atomic E-state index is 13.6. The van der Waals surface area contributed by atoms with Gasteiger partial charge in [0.05, 0.1) is 30.8 Å². The molecule has 2 aromatic rings. The van der Waals surface area contributed by atoms with Crippen molar-refractivity contribution in [3.05, 3.63) is 48.0 Å². The van der Waals surface area contributed by atoms with Crippen LogP contribution in [0, 0.1) is 11.6 Å². The minimum absolute atomic E-state index is 0.0469. The minimum Gasteiger partial charge on any atom is -0.496 e. The molecule has 0 saturated carbocycles. The summed E-state index contributed by atoms with van der Waals surface area (Å²) in [6.07, 6.45) is 0.0640. The number of hydrogen-bond donors (Lipinski definition) is 1. The van der Waals surface area contributed by atoms with Gasteiger partial charge in [0.25, 0.3) is 0 Å². The maximum Gasteiger partial charge on any atom is 0.240 e. The Labute approximate surface area is 162 Å². The smallest absolute Gasteiger partial charge is 0.240 e. The highest BCUT2D eigenvalue weighted by atomic mass is 32.2. The van der Waals surface area contributed by atoms with E-state index in [9.17, 15) is 17.2 Å². The van der Waals surface area contributed by atoms with Crippen LogP contribution in [0.3, 0.4) is 0 Å². The number of nitrogens with one attached hydrogen (secondary N) is 1. The molecule has 2 aromatic carbocycles. The van der Waals surface area contributed by atoms with E-state index in [0.29, 0.717) is 25.4 Å². The fourth-order valence-corrected chi connectivity index (χ4v) is 4.46. The molecule has 1 saturated heterocycles. The van der Waals surface area contributed by atoms with Crippen LogP contribution in [-0.2, 0) is 19.5 Å². The summed E-state index contributed by atoms with van der Waals surface area (Å²) in [6, 6.07) is 6.69. The summed E-state index contributed by atoms with van der Waals surface area (Å²) in [5.41, 5.74) is 0.436. The van der Waals surface area contributed by atoms with E-state index in [4.69, 9.17) is 14.2 Å². The van der Waals surface area contributed by atoms with Crippen molar-refractivity contribution < 1.29 is 31.4 Å². The van der Waals surface area contributed by atoms with E-state index in [1.807, 2.05) is 0 Å². The van der Waals surface area contributed by atoms with Crippen LogP contribution in [0.2, 0.25) is 0 Å². The number of hydrogen-bond acceptors (Lipinski definition) is 5. The Morgan fingerprint density at radius 2 is 1.82 bits per heavy atom. The van der Waals surface area contributed by atoms with E-state index >= 15 is 0 Å². The SMILES string of the molecule is COc1ccc(S(=O)(=O)N[C@H]2CCOC[C@@H]2OC)cc1-c1cc(F)cc(F)c1. The number of ether oxygens (including phenoxy) is 3. The first-order valence-electron chi connectivity index (χ1n) is 8.61. The van der Waals surface area contributed by atoms with Crippen molar-refractivity contribution in [3.63, 3.8) is 0 Å². The lowest BCUT2D eigenvalue weighted by Crippen LogP contribution is -2.49. The van der Waals surface area contributed by atoms with Gasteiger partial charge in [0.15, 0.2) is 0 Å². The van der Waals surface area contributed by atoms with Gasteiger partial charge in [-0.25, -0.2) is 21.9 Å². The van der Waals surface area contributed by atoms with Gasteiger partial charge < -0.3 is 14.2 Å². The van der Waals surface area contributed by atoms with Crippen LogP contribution in [0.5, 0.6) is 5.75 Å². The number of sulfonamides is 1. The van der Waals surface area contributed by atoms with Crippen molar-refractivity contribution in [2.45, 2.75) is 23.5 Å². The van der Waals surface area contributed by atoms with Gasteiger partial charge >= 0.3 is 0 Å². The van der Waals surface area contributed by atoms with Gasteiger partial charge in [-0.1, -0.05) is 0 Å². The summed E-state index contributed by atoms with van der Waals surface area (Å²) in [6.45, 7) is 0.712. The molecule has 0 radical (unpaired) electrons. The Hall–Kier alpha value is -2.07. The molecule has 6 nitrogen and oxygen atoms in total. The van der Waals surface area contributed by atoms with Crippen LogP contribution in [0.15, 0.2) is 41.3 Å². The summed E-state index contributed by atoms with van der Waals surface area (Å²) in [4.78, 5) is -0.0469. The zero-order valence-corrected chi connectivity index (χ0v) is 16.3. The molecule has 0 aliphatic carbocycles. The zero-order chi connectivity index (χ0) is 20.3. The Bertz CT molecular complexity index is 931. The standard InChI is InChI=1S/C19H21F2NO5S/c1-25-18-4-3-15(10-16(18)12-7-13(20)9-14(21)8-12)28(23,24)22-17-5-6-27-11-19(17)26-2/h3-4,7-10,17,19,22H,5-6,11H2,1-2H3/t17-,19-/m0/s1. The van der Waals surface area contributed by atoms with Gasteiger partial charge in [-0.2, -0.15) is 0 Å². The van der Waals surface area contributed by atoms with Crippen molar-refractivity contribution in [2.24, 2.45) is 0 Å². The van der Waals surface area contributed by atoms with E-state index in [1.54, 1.807) is 0 Å². The number of benzene rings is 2. The van der Waals surface area contributed by atoms with Crippen LogP contribution >= 0.6 is 0 Å². The molecule has 0 aromatic heterocycles. The molecule has 9 heteroatoms. The quantitative estimate of drug-likeness (QED) is 0.788. The van der Waals surface area contributed by atoms with E-state index in [0.717, 1.165) is 18.2 Å². The van der Waals surface area contributed by atoms with Crippen LogP contribution < -0.4 is 9.46 Å². The number of methoxy groups -OCH3 is 2. The fraction of sp³-hybridized carbons (Fsp3) is 0.368. The van der Waals surface area contributed by atoms with Crippen LogP contribution in [-0.4, -0.2) is 48.0 Å². The highest BCUT2D eigenvalue weighted by Gasteiger charge is 2.30. The second kappa shape index (κ2) is 8.52. The average molecular weight is 413 g/mol. The lowest BCUT2D eigenvalue weighted by atomic mass is 10.0. The van der Waals surface area contributed by atoms with Gasteiger partial charge in [0, 0.05) is 25.3 Å². The second-order valence-electron chi connectivity index (χ2n) is 6.39. The monoisotopic (exact) mass is 413 g/mol. The summed E-state index contributed by atoms with van der Waals surface area (Å²) < 4.78 is 71.5. The van der Waals surface area contributed by atoms with Gasteiger partial charge in [-0.05, 0) is 42.3 Å². The molecule has 0 bridgehead atoms. The predicted octanol–water partition coefficient (Wildman–Crippen LogP) is 2.72. The minimum atomic E-state index is -3.91. The topological polar surface area (TPSA) is 73.9 Å². The third-order valence-electron chi connectivity index (χ3n) is 4.57. The Balaban J connectivity index is 1.97. The van der Waals surface area contributed by atoms with Crippen LogP contribution in [0.4, 0.5) is 8.78 Å². The molecule has 0 spiro atoms. The molecule has 1 fully saturated rings. The van der Waals surface area contributed by atoms with Gasteiger partial charge in [0.2, 0.25) is 10.0 Å². The van der Waals surface area contributed by atoms with Crippen molar-refractivity contribution in [1.29, 1.82) is 0 Å².